The maximum atomic E-state index is 10.9. The predicted octanol–water partition coefficient (Wildman–Crippen LogP) is 0.497. The molecule has 0 spiro atoms. The summed E-state index contributed by atoms with van der Waals surface area (Å²) in [6.45, 7) is 0.570. The van der Waals surface area contributed by atoms with Gasteiger partial charge in [0.15, 0.2) is 0 Å². The SMILES string of the molecule is O=C(O)C1CCC(O)(CNC2(CO)CCC2)CC1. The Balaban J connectivity index is 1.81. The van der Waals surface area contributed by atoms with Gasteiger partial charge in [0, 0.05) is 12.1 Å². The van der Waals surface area contributed by atoms with Gasteiger partial charge in [-0.15, -0.1) is 0 Å². The maximum Gasteiger partial charge on any atom is 0.306 e. The van der Waals surface area contributed by atoms with E-state index in [9.17, 15) is 15.0 Å². The molecule has 18 heavy (non-hydrogen) atoms. The zero-order chi connectivity index (χ0) is 13.2. The number of carboxylic acid groups (broad SMARTS) is 1. The summed E-state index contributed by atoms with van der Waals surface area (Å²) >= 11 is 0. The quantitative estimate of drug-likeness (QED) is 0.576. The molecule has 2 aliphatic carbocycles. The third kappa shape index (κ3) is 2.84. The van der Waals surface area contributed by atoms with E-state index in [1.807, 2.05) is 0 Å². The van der Waals surface area contributed by atoms with Crippen LogP contribution in [0.5, 0.6) is 0 Å². The largest absolute Gasteiger partial charge is 0.481 e. The van der Waals surface area contributed by atoms with Crippen LogP contribution in [0.3, 0.4) is 0 Å². The van der Waals surface area contributed by atoms with Gasteiger partial charge >= 0.3 is 5.97 Å². The van der Waals surface area contributed by atoms with Crippen LogP contribution >= 0.6 is 0 Å². The van der Waals surface area contributed by atoms with Crippen LogP contribution in [0, 0.1) is 5.92 Å². The number of aliphatic hydroxyl groups excluding tert-OH is 1. The molecule has 0 aromatic heterocycles. The molecule has 2 rings (SSSR count). The van der Waals surface area contributed by atoms with Crippen molar-refractivity contribution >= 4 is 5.97 Å². The van der Waals surface area contributed by atoms with Gasteiger partial charge in [-0.25, -0.2) is 0 Å². The van der Waals surface area contributed by atoms with Crippen molar-refractivity contribution in [1.29, 1.82) is 0 Å². The van der Waals surface area contributed by atoms with E-state index in [0.717, 1.165) is 19.3 Å². The van der Waals surface area contributed by atoms with Crippen LogP contribution in [0.25, 0.3) is 0 Å². The molecule has 5 nitrogen and oxygen atoms in total. The molecule has 0 aromatic carbocycles. The number of carboxylic acids is 1. The van der Waals surface area contributed by atoms with Crippen molar-refractivity contribution in [1.82, 2.24) is 5.32 Å². The lowest BCUT2D eigenvalue weighted by atomic mass is 9.75. The summed E-state index contributed by atoms with van der Waals surface area (Å²) in [4.78, 5) is 10.9. The highest BCUT2D eigenvalue weighted by Crippen LogP contribution is 2.35. The van der Waals surface area contributed by atoms with Crippen molar-refractivity contribution in [3.63, 3.8) is 0 Å². The summed E-state index contributed by atoms with van der Waals surface area (Å²) in [7, 11) is 0. The first-order valence-electron chi connectivity index (χ1n) is 6.80. The normalized spacial score (nSPS) is 34.9. The minimum Gasteiger partial charge on any atom is -0.481 e. The fourth-order valence-electron chi connectivity index (χ4n) is 2.93. The molecule has 2 aliphatic rings. The molecule has 2 fully saturated rings. The number of rotatable bonds is 5. The average Bonchev–Trinajstić information content (AvgIpc) is 2.29. The van der Waals surface area contributed by atoms with E-state index in [0.29, 0.717) is 32.2 Å². The van der Waals surface area contributed by atoms with Crippen LogP contribution in [0.15, 0.2) is 0 Å². The summed E-state index contributed by atoms with van der Waals surface area (Å²) in [5.74, 6) is -1.06. The summed E-state index contributed by atoms with van der Waals surface area (Å²) in [6, 6.07) is 0. The van der Waals surface area contributed by atoms with Gasteiger partial charge in [-0.1, -0.05) is 0 Å². The van der Waals surface area contributed by atoms with E-state index in [4.69, 9.17) is 5.11 Å². The Hall–Kier alpha value is -0.650. The van der Waals surface area contributed by atoms with Gasteiger partial charge in [0.1, 0.15) is 0 Å². The number of carbonyl (C=O) groups is 1. The van der Waals surface area contributed by atoms with Crippen molar-refractivity contribution in [2.24, 2.45) is 5.92 Å². The second-order valence-corrected chi connectivity index (χ2v) is 5.98. The van der Waals surface area contributed by atoms with Crippen LogP contribution in [-0.4, -0.2) is 45.6 Å². The summed E-state index contributed by atoms with van der Waals surface area (Å²) < 4.78 is 0. The molecule has 0 saturated heterocycles. The van der Waals surface area contributed by atoms with Gasteiger partial charge < -0.3 is 20.6 Å². The Kier molecular flexibility index (Phi) is 3.94. The second kappa shape index (κ2) is 5.15. The fraction of sp³-hybridized carbons (Fsp3) is 0.923. The third-order valence-electron chi connectivity index (χ3n) is 4.67. The Bertz CT molecular complexity index is 301. The molecular weight excluding hydrogens is 234 g/mol. The number of β-amino-alcohol motifs (C(OH)–C–C–N with tert-alkyl or cyclic N) is 1. The fourth-order valence-corrected chi connectivity index (χ4v) is 2.93. The van der Waals surface area contributed by atoms with Crippen molar-refractivity contribution < 1.29 is 20.1 Å². The highest BCUT2D eigenvalue weighted by Gasteiger charge is 2.40. The molecule has 5 heteroatoms. The van der Waals surface area contributed by atoms with Crippen molar-refractivity contribution in [2.45, 2.75) is 56.1 Å². The van der Waals surface area contributed by atoms with Crippen LogP contribution < -0.4 is 5.32 Å². The smallest absolute Gasteiger partial charge is 0.306 e. The van der Waals surface area contributed by atoms with E-state index in [2.05, 4.69) is 5.32 Å². The van der Waals surface area contributed by atoms with Crippen molar-refractivity contribution in [2.75, 3.05) is 13.2 Å². The topological polar surface area (TPSA) is 89.8 Å². The minimum absolute atomic E-state index is 0.112. The van der Waals surface area contributed by atoms with Crippen LogP contribution in [0.2, 0.25) is 0 Å². The highest BCUT2D eigenvalue weighted by molar-refractivity contribution is 5.70. The second-order valence-electron chi connectivity index (χ2n) is 5.98. The number of hydrogen-bond acceptors (Lipinski definition) is 4. The van der Waals surface area contributed by atoms with Crippen LogP contribution in [0.4, 0.5) is 0 Å². The van der Waals surface area contributed by atoms with E-state index in [-0.39, 0.29) is 18.1 Å². The van der Waals surface area contributed by atoms with Crippen molar-refractivity contribution in [3.05, 3.63) is 0 Å². The molecule has 104 valence electrons. The lowest BCUT2D eigenvalue weighted by Gasteiger charge is -2.44. The lowest BCUT2D eigenvalue weighted by molar-refractivity contribution is -0.144. The van der Waals surface area contributed by atoms with Gasteiger partial charge in [0.25, 0.3) is 0 Å². The zero-order valence-electron chi connectivity index (χ0n) is 10.7. The molecule has 0 atom stereocenters. The molecule has 4 N–H and O–H groups in total. The Morgan fingerprint density at radius 3 is 2.22 bits per heavy atom. The molecule has 2 saturated carbocycles. The third-order valence-corrected chi connectivity index (χ3v) is 4.67. The molecule has 0 radical (unpaired) electrons. The minimum atomic E-state index is -0.802. The molecule has 0 amide bonds. The molecule has 0 bridgehead atoms. The number of aliphatic carboxylic acids is 1. The van der Waals surface area contributed by atoms with E-state index in [1.165, 1.54) is 0 Å². The Labute approximate surface area is 107 Å². The monoisotopic (exact) mass is 257 g/mol. The van der Waals surface area contributed by atoms with Crippen LogP contribution in [-0.2, 0) is 4.79 Å². The zero-order valence-corrected chi connectivity index (χ0v) is 10.7. The lowest BCUT2D eigenvalue weighted by Crippen LogP contribution is -2.58. The highest BCUT2D eigenvalue weighted by atomic mass is 16.4. The summed E-state index contributed by atoms with van der Waals surface area (Å²) in [6.07, 6.45) is 5.16. The van der Waals surface area contributed by atoms with E-state index >= 15 is 0 Å². The number of nitrogens with one attached hydrogen (secondary N) is 1. The van der Waals surface area contributed by atoms with Gasteiger partial charge in [0.05, 0.1) is 18.1 Å². The summed E-state index contributed by atoms with van der Waals surface area (Å²) in [5, 5.41) is 32.0. The van der Waals surface area contributed by atoms with Gasteiger partial charge in [0.2, 0.25) is 0 Å². The average molecular weight is 257 g/mol. The van der Waals surface area contributed by atoms with Gasteiger partial charge in [-0.05, 0) is 44.9 Å². The molecule has 0 heterocycles. The Morgan fingerprint density at radius 2 is 1.83 bits per heavy atom. The van der Waals surface area contributed by atoms with Gasteiger partial charge in [-0.2, -0.15) is 0 Å². The van der Waals surface area contributed by atoms with E-state index < -0.39 is 11.6 Å². The van der Waals surface area contributed by atoms with Gasteiger partial charge in [-0.3, -0.25) is 4.79 Å². The molecule has 0 aliphatic heterocycles. The van der Waals surface area contributed by atoms with E-state index in [1.54, 1.807) is 0 Å². The summed E-state index contributed by atoms with van der Waals surface area (Å²) in [5.41, 5.74) is -0.997. The van der Waals surface area contributed by atoms with Crippen molar-refractivity contribution in [3.8, 4) is 0 Å². The number of aliphatic hydroxyl groups is 2. The predicted molar refractivity (Wildman–Crippen MR) is 66.2 cm³/mol. The Morgan fingerprint density at radius 1 is 1.22 bits per heavy atom. The maximum absolute atomic E-state index is 10.9. The first-order valence-corrected chi connectivity index (χ1v) is 6.80. The number of hydrogen-bond donors (Lipinski definition) is 4. The first-order chi connectivity index (χ1) is 8.49. The first kappa shape index (κ1) is 13.8. The molecule has 0 unspecified atom stereocenters. The molecular formula is C13H23NO4. The molecule has 0 aromatic rings. The standard InChI is InChI=1S/C13H23NO4/c15-9-12(4-1-5-12)14-8-13(18)6-2-10(3-7-13)11(16)17/h10,14-15,18H,1-9H2,(H,16,17). The van der Waals surface area contributed by atoms with Crippen LogP contribution in [0.1, 0.15) is 44.9 Å².